The SMILES string of the molecule is CC(C)C[C@H](Nc1ccc(Cl)c(Cl)c1)C(=O)OC(C)(C)C. The van der Waals surface area contributed by atoms with Crippen LogP contribution in [0.15, 0.2) is 18.2 Å². The van der Waals surface area contributed by atoms with Crippen molar-refractivity contribution in [1.29, 1.82) is 0 Å². The van der Waals surface area contributed by atoms with E-state index in [0.29, 0.717) is 22.4 Å². The Bertz CT molecular complexity index is 496. The first-order chi connectivity index (χ1) is 9.58. The fraction of sp³-hybridized carbons (Fsp3) is 0.562. The Labute approximate surface area is 137 Å². The van der Waals surface area contributed by atoms with Crippen LogP contribution >= 0.6 is 23.2 Å². The van der Waals surface area contributed by atoms with Gasteiger partial charge in [0, 0.05) is 5.69 Å². The maximum Gasteiger partial charge on any atom is 0.329 e. The van der Waals surface area contributed by atoms with Crippen molar-refractivity contribution in [2.75, 3.05) is 5.32 Å². The molecule has 118 valence electrons. The number of carbonyl (C=O) groups excluding carboxylic acids is 1. The zero-order valence-corrected chi connectivity index (χ0v) is 14.7. The van der Waals surface area contributed by atoms with Gasteiger partial charge in [0.2, 0.25) is 0 Å². The van der Waals surface area contributed by atoms with E-state index in [4.69, 9.17) is 27.9 Å². The minimum Gasteiger partial charge on any atom is -0.458 e. The molecule has 1 atom stereocenters. The quantitative estimate of drug-likeness (QED) is 0.757. The van der Waals surface area contributed by atoms with Gasteiger partial charge in [-0.2, -0.15) is 0 Å². The molecule has 1 N–H and O–H groups in total. The molecule has 0 radical (unpaired) electrons. The van der Waals surface area contributed by atoms with Gasteiger partial charge >= 0.3 is 5.97 Å². The summed E-state index contributed by atoms with van der Waals surface area (Å²) in [5.74, 6) is 0.0973. The molecule has 5 heteroatoms. The Hall–Kier alpha value is -0.930. The summed E-state index contributed by atoms with van der Waals surface area (Å²) in [6.45, 7) is 9.70. The second kappa shape index (κ2) is 7.37. The van der Waals surface area contributed by atoms with Crippen molar-refractivity contribution in [2.24, 2.45) is 5.92 Å². The van der Waals surface area contributed by atoms with Crippen LogP contribution in [0.5, 0.6) is 0 Å². The van der Waals surface area contributed by atoms with Gasteiger partial charge in [-0.15, -0.1) is 0 Å². The van der Waals surface area contributed by atoms with Gasteiger partial charge in [0.25, 0.3) is 0 Å². The molecular formula is C16H23Cl2NO2. The minimum absolute atomic E-state index is 0.262. The van der Waals surface area contributed by atoms with Crippen LogP contribution in [0.3, 0.4) is 0 Å². The maximum atomic E-state index is 12.3. The molecule has 0 aliphatic heterocycles. The Balaban J connectivity index is 2.87. The number of nitrogens with one attached hydrogen (secondary N) is 1. The zero-order chi connectivity index (χ0) is 16.2. The first-order valence-corrected chi connectivity index (χ1v) is 7.78. The highest BCUT2D eigenvalue weighted by Gasteiger charge is 2.26. The lowest BCUT2D eigenvalue weighted by Gasteiger charge is -2.26. The van der Waals surface area contributed by atoms with Gasteiger partial charge in [0.15, 0.2) is 0 Å². The third kappa shape index (κ3) is 6.58. The number of anilines is 1. The van der Waals surface area contributed by atoms with E-state index in [1.165, 1.54) is 0 Å². The summed E-state index contributed by atoms with van der Waals surface area (Å²) >= 11 is 11.9. The van der Waals surface area contributed by atoms with Gasteiger partial charge in [-0.05, 0) is 51.3 Å². The average molecular weight is 332 g/mol. The van der Waals surface area contributed by atoms with Crippen molar-refractivity contribution in [3.05, 3.63) is 28.2 Å². The Morgan fingerprint density at radius 1 is 1.24 bits per heavy atom. The van der Waals surface area contributed by atoms with Crippen LogP contribution in [0.2, 0.25) is 10.0 Å². The predicted molar refractivity (Wildman–Crippen MR) is 89.2 cm³/mol. The van der Waals surface area contributed by atoms with Gasteiger partial charge in [-0.3, -0.25) is 0 Å². The molecule has 1 rings (SSSR count). The summed E-state index contributed by atoms with van der Waals surface area (Å²) in [5.41, 5.74) is 0.243. The van der Waals surface area contributed by atoms with Crippen LogP contribution in [0.25, 0.3) is 0 Å². The molecule has 0 aliphatic rings. The summed E-state index contributed by atoms with van der Waals surface area (Å²) < 4.78 is 5.47. The average Bonchev–Trinajstić information content (AvgIpc) is 2.30. The summed E-state index contributed by atoms with van der Waals surface area (Å²) in [6, 6.07) is 4.79. The second-order valence-corrected chi connectivity index (χ2v) is 7.30. The van der Waals surface area contributed by atoms with Crippen molar-refractivity contribution in [3.63, 3.8) is 0 Å². The monoisotopic (exact) mass is 331 g/mol. The van der Waals surface area contributed by atoms with Gasteiger partial charge in [0.1, 0.15) is 11.6 Å². The fourth-order valence-corrected chi connectivity index (χ4v) is 2.14. The van der Waals surface area contributed by atoms with Crippen molar-refractivity contribution >= 4 is 34.9 Å². The molecule has 1 aromatic rings. The number of benzene rings is 1. The number of hydrogen-bond donors (Lipinski definition) is 1. The van der Waals surface area contributed by atoms with Crippen LogP contribution in [0.4, 0.5) is 5.69 Å². The first-order valence-electron chi connectivity index (χ1n) is 7.03. The molecule has 1 aromatic carbocycles. The van der Waals surface area contributed by atoms with Crippen molar-refractivity contribution in [2.45, 2.75) is 52.7 Å². The molecule has 0 saturated carbocycles. The molecule has 21 heavy (non-hydrogen) atoms. The van der Waals surface area contributed by atoms with E-state index < -0.39 is 11.6 Å². The molecule has 3 nitrogen and oxygen atoms in total. The number of esters is 1. The normalized spacial score (nSPS) is 13.1. The van der Waals surface area contributed by atoms with Gasteiger partial charge in [-0.1, -0.05) is 37.0 Å². The highest BCUT2D eigenvalue weighted by Crippen LogP contribution is 2.26. The van der Waals surface area contributed by atoms with E-state index in [9.17, 15) is 4.79 Å². The molecular weight excluding hydrogens is 309 g/mol. The Morgan fingerprint density at radius 3 is 2.33 bits per heavy atom. The second-order valence-electron chi connectivity index (χ2n) is 6.49. The van der Waals surface area contributed by atoms with Gasteiger partial charge in [-0.25, -0.2) is 4.79 Å². The van der Waals surface area contributed by atoms with Crippen LogP contribution in [-0.2, 0) is 9.53 Å². The highest BCUT2D eigenvalue weighted by atomic mass is 35.5. The third-order valence-corrected chi connectivity index (χ3v) is 3.40. The molecule has 0 aromatic heterocycles. The molecule has 0 spiro atoms. The Morgan fingerprint density at radius 2 is 1.86 bits per heavy atom. The summed E-state index contributed by atoms with van der Waals surface area (Å²) in [5, 5.41) is 4.12. The topological polar surface area (TPSA) is 38.3 Å². The summed E-state index contributed by atoms with van der Waals surface area (Å²) in [4.78, 5) is 12.3. The lowest BCUT2D eigenvalue weighted by molar-refractivity contribution is -0.156. The van der Waals surface area contributed by atoms with Crippen molar-refractivity contribution < 1.29 is 9.53 Å². The number of carbonyl (C=O) groups is 1. The number of hydrogen-bond acceptors (Lipinski definition) is 3. The molecule has 0 bridgehead atoms. The van der Waals surface area contributed by atoms with Crippen molar-refractivity contribution in [1.82, 2.24) is 0 Å². The fourth-order valence-electron chi connectivity index (χ4n) is 1.85. The van der Waals surface area contributed by atoms with Gasteiger partial charge < -0.3 is 10.1 Å². The lowest BCUT2D eigenvalue weighted by Crippen LogP contribution is -2.37. The predicted octanol–water partition coefficient (Wildman–Crippen LogP) is 5.16. The van der Waals surface area contributed by atoms with Crippen LogP contribution < -0.4 is 5.32 Å². The molecule has 0 aliphatic carbocycles. The molecule has 0 fully saturated rings. The lowest BCUT2D eigenvalue weighted by atomic mass is 10.0. The number of halogens is 2. The van der Waals surface area contributed by atoms with Crippen LogP contribution in [-0.4, -0.2) is 17.6 Å². The Kier molecular flexibility index (Phi) is 6.36. The third-order valence-electron chi connectivity index (χ3n) is 2.66. The summed E-state index contributed by atoms with van der Waals surface area (Å²) in [6.07, 6.45) is 0.676. The minimum atomic E-state index is -0.508. The summed E-state index contributed by atoms with van der Waals surface area (Å²) in [7, 11) is 0. The van der Waals surface area contributed by atoms with Crippen LogP contribution in [0, 0.1) is 5.92 Å². The van der Waals surface area contributed by atoms with E-state index in [1.54, 1.807) is 18.2 Å². The smallest absolute Gasteiger partial charge is 0.329 e. The molecule has 0 saturated heterocycles. The van der Waals surface area contributed by atoms with Crippen LogP contribution in [0.1, 0.15) is 41.0 Å². The van der Waals surface area contributed by atoms with E-state index in [-0.39, 0.29) is 5.97 Å². The molecule has 0 unspecified atom stereocenters. The van der Waals surface area contributed by atoms with E-state index in [1.807, 2.05) is 20.8 Å². The highest BCUT2D eigenvalue weighted by molar-refractivity contribution is 6.42. The molecule has 0 amide bonds. The largest absolute Gasteiger partial charge is 0.458 e. The van der Waals surface area contributed by atoms with E-state index in [0.717, 1.165) is 5.69 Å². The van der Waals surface area contributed by atoms with E-state index >= 15 is 0 Å². The number of rotatable bonds is 5. The first kappa shape index (κ1) is 18.1. The molecule has 0 heterocycles. The maximum absolute atomic E-state index is 12.3. The van der Waals surface area contributed by atoms with E-state index in [2.05, 4.69) is 19.2 Å². The van der Waals surface area contributed by atoms with Crippen molar-refractivity contribution in [3.8, 4) is 0 Å². The standard InChI is InChI=1S/C16H23Cl2NO2/c1-10(2)8-14(15(20)21-16(3,4)5)19-11-6-7-12(17)13(18)9-11/h6-7,9-10,14,19H,8H2,1-5H3/t14-/m0/s1. The zero-order valence-electron chi connectivity index (χ0n) is 13.2. The number of ether oxygens (including phenoxy) is 1. The van der Waals surface area contributed by atoms with Gasteiger partial charge in [0.05, 0.1) is 10.0 Å².